The minimum Gasteiger partial charge on any atom is -0.490 e. The number of unbranched alkanes of at least 4 members (excludes halogenated alkanes) is 3. The van der Waals surface area contributed by atoms with Crippen LogP contribution in [-0.4, -0.2) is 43.2 Å². The maximum atomic E-state index is 6.10. The fraction of sp³-hybridized carbons (Fsp3) is 0.583. The van der Waals surface area contributed by atoms with Gasteiger partial charge in [0.1, 0.15) is 5.75 Å². The van der Waals surface area contributed by atoms with E-state index in [4.69, 9.17) is 18.9 Å². The van der Waals surface area contributed by atoms with Gasteiger partial charge in [0.05, 0.1) is 24.6 Å². The minimum absolute atomic E-state index is 0.276. The van der Waals surface area contributed by atoms with Crippen molar-refractivity contribution >= 4 is 0 Å². The Kier molecular flexibility index (Phi) is 11.8. The van der Waals surface area contributed by atoms with Gasteiger partial charge in [0.2, 0.25) is 0 Å². The van der Waals surface area contributed by atoms with E-state index in [0.717, 1.165) is 56.6 Å². The Morgan fingerprint density at radius 1 is 0.867 bits per heavy atom. The molecule has 0 bridgehead atoms. The molecule has 1 heterocycles. The van der Waals surface area contributed by atoms with E-state index in [1.54, 1.807) is 19.5 Å². The van der Waals surface area contributed by atoms with Crippen LogP contribution in [0, 0.1) is 0 Å². The fourth-order valence-electron chi connectivity index (χ4n) is 2.95. The van der Waals surface area contributed by atoms with E-state index in [1.807, 2.05) is 24.3 Å². The van der Waals surface area contributed by atoms with E-state index in [0.29, 0.717) is 18.2 Å². The lowest BCUT2D eigenvalue weighted by atomic mass is 10.1. The highest BCUT2D eigenvalue weighted by Crippen LogP contribution is 2.29. The Labute approximate surface area is 180 Å². The van der Waals surface area contributed by atoms with Gasteiger partial charge in [-0.05, 0) is 37.8 Å². The van der Waals surface area contributed by atoms with Crippen LogP contribution in [0.2, 0.25) is 0 Å². The van der Waals surface area contributed by atoms with E-state index in [-0.39, 0.29) is 6.29 Å². The van der Waals surface area contributed by atoms with Gasteiger partial charge < -0.3 is 18.9 Å². The molecule has 0 radical (unpaired) electrons. The number of ether oxygens (including phenoxy) is 4. The van der Waals surface area contributed by atoms with Gasteiger partial charge in [-0.25, -0.2) is 9.97 Å². The maximum Gasteiger partial charge on any atom is 0.199 e. The second-order valence-electron chi connectivity index (χ2n) is 7.19. The summed E-state index contributed by atoms with van der Waals surface area (Å²) < 4.78 is 22.8. The molecule has 0 spiro atoms. The minimum atomic E-state index is -0.276. The number of hydrogen-bond donors (Lipinski definition) is 0. The van der Waals surface area contributed by atoms with Crippen LogP contribution in [0.1, 0.15) is 58.8 Å². The first kappa shape index (κ1) is 24.1. The van der Waals surface area contributed by atoms with Crippen LogP contribution < -0.4 is 9.47 Å². The molecule has 0 fully saturated rings. The van der Waals surface area contributed by atoms with Gasteiger partial charge >= 0.3 is 0 Å². The highest BCUT2D eigenvalue weighted by atomic mass is 16.7. The summed E-state index contributed by atoms with van der Waals surface area (Å²) in [6.07, 6.45) is 10.4. The second kappa shape index (κ2) is 14.7. The fourth-order valence-corrected chi connectivity index (χ4v) is 2.95. The molecule has 30 heavy (non-hydrogen) atoms. The van der Waals surface area contributed by atoms with Crippen LogP contribution >= 0.6 is 0 Å². The van der Waals surface area contributed by atoms with Gasteiger partial charge in [-0.3, -0.25) is 0 Å². The van der Waals surface area contributed by atoms with Crippen LogP contribution in [0.5, 0.6) is 11.5 Å². The summed E-state index contributed by atoms with van der Waals surface area (Å²) in [6, 6.07) is 7.78. The molecule has 0 amide bonds. The maximum absolute atomic E-state index is 6.10. The van der Waals surface area contributed by atoms with Gasteiger partial charge in [0.15, 0.2) is 17.9 Å². The Morgan fingerprint density at radius 2 is 1.63 bits per heavy atom. The highest BCUT2D eigenvalue weighted by molar-refractivity contribution is 5.63. The first-order valence-corrected chi connectivity index (χ1v) is 11.1. The Morgan fingerprint density at radius 3 is 2.37 bits per heavy atom. The number of nitrogens with zero attached hydrogens (tertiary/aromatic N) is 2. The Bertz CT molecular complexity index is 694. The lowest BCUT2D eigenvalue weighted by Crippen LogP contribution is -2.19. The number of hydrogen-bond acceptors (Lipinski definition) is 6. The zero-order valence-corrected chi connectivity index (χ0v) is 18.6. The Balaban J connectivity index is 1.90. The summed E-state index contributed by atoms with van der Waals surface area (Å²) in [7, 11) is 1.68. The number of para-hydroxylation sites is 1. The van der Waals surface area contributed by atoms with E-state index in [2.05, 4.69) is 23.8 Å². The zero-order chi connectivity index (χ0) is 21.4. The van der Waals surface area contributed by atoms with Crippen LogP contribution in [0.4, 0.5) is 0 Å². The van der Waals surface area contributed by atoms with Gasteiger partial charge in [0.25, 0.3) is 0 Å². The molecule has 6 nitrogen and oxygen atoms in total. The van der Waals surface area contributed by atoms with Crippen molar-refractivity contribution in [3.05, 3.63) is 36.7 Å². The molecule has 0 saturated heterocycles. The molecule has 0 N–H and O–H groups in total. The molecular formula is C24H36N2O4. The summed E-state index contributed by atoms with van der Waals surface area (Å²) in [5.41, 5.74) is 0.842. The third-order valence-electron chi connectivity index (χ3n) is 4.62. The lowest BCUT2D eigenvalue weighted by molar-refractivity contribution is -0.0590. The van der Waals surface area contributed by atoms with Crippen LogP contribution in [0.15, 0.2) is 36.7 Å². The van der Waals surface area contributed by atoms with Crippen molar-refractivity contribution in [2.24, 2.45) is 0 Å². The monoisotopic (exact) mass is 416 g/mol. The third kappa shape index (κ3) is 8.67. The number of aromatic nitrogens is 2. The first-order chi connectivity index (χ1) is 14.8. The summed E-state index contributed by atoms with van der Waals surface area (Å²) in [4.78, 5) is 8.95. The van der Waals surface area contributed by atoms with Crippen LogP contribution in [0.3, 0.4) is 0 Å². The standard InChI is InChI=1S/C24H36N2O4/c1-4-6-7-14-23(27-3)30-22-13-9-8-12-21(22)24-25-18-20(19-26-24)29-17-11-10-16-28-15-5-2/h8-9,12-13,18-19,23H,4-7,10-11,14-17H2,1-3H3. The third-order valence-corrected chi connectivity index (χ3v) is 4.62. The molecule has 2 rings (SSSR count). The van der Waals surface area contributed by atoms with E-state index >= 15 is 0 Å². The normalized spacial score (nSPS) is 12.0. The van der Waals surface area contributed by atoms with Crippen molar-refractivity contribution in [2.45, 2.75) is 65.1 Å². The van der Waals surface area contributed by atoms with Gasteiger partial charge in [-0.15, -0.1) is 0 Å². The van der Waals surface area contributed by atoms with Crippen LogP contribution in [-0.2, 0) is 9.47 Å². The SMILES string of the molecule is CCCCCC(OC)Oc1ccccc1-c1ncc(OCCCCOCCC)cn1. The zero-order valence-electron chi connectivity index (χ0n) is 18.6. The molecule has 0 saturated carbocycles. The number of methoxy groups -OCH3 is 1. The highest BCUT2D eigenvalue weighted by Gasteiger charge is 2.14. The molecule has 0 aliphatic heterocycles. The second-order valence-corrected chi connectivity index (χ2v) is 7.19. The molecule has 0 aliphatic rings. The number of rotatable bonds is 16. The summed E-state index contributed by atoms with van der Waals surface area (Å²) in [5, 5.41) is 0. The van der Waals surface area contributed by atoms with Crippen LogP contribution in [0.25, 0.3) is 11.4 Å². The summed E-state index contributed by atoms with van der Waals surface area (Å²) in [6.45, 7) is 6.53. The molecule has 6 heteroatoms. The molecule has 166 valence electrons. The molecule has 1 unspecified atom stereocenters. The van der Waals surface area contributed by atoms with Gasteiger partial charge in [0, 0.05) is 26.7 Å². The van der Waals surface area contributed by atoms with Crippen molar-refractivity contribution in [3.63, 3.8) is 0 Å². The predicted molar refractivity (Wildman–Crippen MR) is 119 cm³/mol. The average Bonchev–Trinajstić information content (AvgIpc) is 2.79. The average molecular weight is 417 g/mol. The molecule has 1 atom stereocenters. The van der Waals surface area contributed by atoms with Crippen molar-refractivity contribution in [3.8, 4) is 22.9 Å². The van der Waals surface area contributed by atoms with E-state index in [9.17, 15) is 0 Å². The molecule has 1 aromatic carbocycles. The molecule has 0 aliphatic carbocycles. The van der Waals surface area contributed by atoms with E-state index < -0.39 is 0 Å². The number of benzene rings is 1. The van der Waals surface area contributed by atoms with Gasteiger partial charge in [-0.2, -0.15) is 0 Å². The molecular weight excluding hydrogens is 380 g/mol. The quantitative estimate of drug-likeness (QED) is 0.260. The topological polar surface area (TPSA) is 62.7 Å². The van der Waals surface area contributed by atoms with Crippen molar-refractivity contribution in [1.29, 1.82) is 0 Å². The first-order valence-electron chi connectivity index (χ1n) is 11.1. The smallest absolute Gasteiger partial charge is 0.199 e. The molecule has 1 aromatic heterocycles. The summed E-state index contributed by atoms with van der Waals surface area (Å²) >= 11 is 0. The largest absolute Gasteiger partial charge is 0.490 e. The van der Waals surface area contributed by atoms with Crippen molar-refractivity contribution in [2.75, 3.05) is 26.9 Å². The van der Waals surface area contributed by atoms with Crippen molar-refractivity contribution < 1.29 is 18.9 Å². The van der Waals surface area contributed by atoms with Gasteiger partial charge in [-0.1, -0.05) is 38.8 Å². The lowest BCUT2D eigenvalue weighted by Gasteiger charge is -2.19. The molecule has 2 aromatic rings. The summed E-state index contributed by atoms with van der Waals surface area (Å²) in [5.74, 6) is 2.00. The predicted octanol–water partition coefficient (Wildman–Crippen LogP) is 5.66. The van der Waals surface area contributed by atoms with Crippen molar-refractivity contribution in [1.82, 2.24) is 9.97 Å². The van der Waals surface area contributed by atoms with E-state index in [1.165, 1.54) is 12.8 Å². The Hall–Kier alpha value is -2.18.